The predicted octanol–water partition coefficient (Wildman–Crippen LogP) is 1.65. The first-order chi connectivity index (χ1) is 10.7. The summed E-state index contributed by atoms with van der Waals surface area (Å²) in [4.78, 5) is 24.1. The number of aromatic nitrogens is 2. The molecule has 118 valence electrons. The molecule has 2 aromatic heterocycles. The summed E-state index contributed by atoms with van der Waals surface area (Å²) < 4.78 is 0. The summed E-state index contributed by atoms with van der Waals surface area (Å²) in [6.07, 6.45) is 3.40. The highest BCUT2D eigenvalue weighted by Crippen LogP contribution is 2.28. The van der Waals surface area contributed by atoms with Gasteiger partial charge in [0.1, 0.15) is 17.0 Å². The van der Waals surface area contributed by atoms with Crippen LogP contribution in [-0.2, 0) is 11.2 Å². The van der Waals surface area contributed by atoms with Crippen molar-refractivity contribution < 1.29 is 9.90 Å². The van der Waals surface area contributed by atoms with Crippen molar-refractivity contribution in [1.82, 2.24) is 14.9 Å². The Kier molecular flexibility index (Phi) is 4.54. The van der Waals surface area contributed by atoms with Gasteiger partial charge in [-0.2, -0.15) is 0 Å². The Balaban J connectivity index is 1.63. The van der Waals surface area contributed by atoms with Gasteiger partial charge in [0.15, 0.2) is 0 Å². The number of likely N-dealkylation sites (tertiary alicyclic amines) is 1. The van der Waals surface area contributed by atoms with Crippen LogP contribution < -0.4 is 5.32 Å². The van der Waals surface area contributed by atoms with Gasteiger partial charge in [-0.1, -0.05) is 6.92 Å². The Labute approximate surface area is 133 Å². The fourth-order valence-electron chi connectivity index (χ4n) is 2.65. The number of aryl methyl sites for hydroxylation is 1. The number of fused-ring (bicyclic) bond motifs is 1. The van der Waals surface area contributed by atoms with Crippen LogP contribution in [0.1, 0.15) is 24.6 Å². The summed E-state index contributed by atoms with van der Waals surface area (Å²) in [6.45, 7) is 3.61. The third-order valence-electron chi connectivity index (χ3n) is 3.84. The molecule has 7 heteroatoms. The summed E-state index contributed by atoms with van der Waals surface area (Å²) in [5.74, 6) is 0.877. The predicted molar refractivity (Wildman–Crippen MR) is 87.1 cm³/mol. The fraction of sp³-hybridized carbons (Fsp3) is 0.533. The first kappa shape index (κ1) is 15.2. The Bertz CT molecular complexity index is 673. The van der Waals surface area contributed by atoms with Gasteiger partial charge in [0.05, 0.1) is 11.5 Å². The zero-order chi connectivity index (χ0) is 15.5. The molecule has 0 aromatic carbocycles. The minimum atomic E-state index is -0.601. The molecule has 22 heavy (non-hydrogen) atoms. The maximum Gasteiger partial charge on any atom is 0.222 e. The number of aliphatic hydroxyl groups excluding tert-OH is 1. The lowest BCUT2D eigenvalue weighted by molar-refractivity contribution is -0.128. The molecule has 2 N–H and O–H groups in total. The van der Waals surface area contributed by atoms with Crippen molar-refractivity contribution in [1.29, 1.82) is 0 Å². The summed E-state index contributed by atoms with van der Waals surface area (Å²) in [5, 5.41) is 14.3. The molecule has 3 heterocycles. The largest absolute Gasteiger partial charge is 0.389 e. The van der Waals surface area contributed by atoms with Crippen LogP contribution in [0.15, 0.2) is 12.4 Å². The number of carbonyl (C=O) groups is 1. The minimum Gasteiger partial charge on any atom is -0.389 e. The number of aliphatic hydroxyl groups is 1. The second-order valence-corrected chi connectivity index (χ2v) is 6.60. The molecule has 1 amide bonds. The molecular weight excluding hydrogens is 300 g/mol. The molecule has 1 atom stereocenters. The van der Waals surface area contributed by atoms with Gasteiger partial charge in [-0.15, -0.1) is 11.3 Å². The van der Waals surface area contributed by atoms with Gasteiger partial charge in [0.25, 0.3) is 0 Å². The van der Waals surface area contributed by atoms with Crippen LogP contribution in [0.2, 0.25) is 0 Å². The van der Waals surface area contributed by atoms with Crippen molar-refractivity contribution in [2.45, 2.75) is 32.3 Å². The third kappa shape index (κ3) is 3.20. The minimum absolute atomic E-state index is 0.133. The molecular formula is C15H20N4O2S. The van der Waals surface area contributed by atoms with E-state index in [1.165, 1.54) is 11.2 Å². The van der Waals surface area contributed by atoms with Gasteiger partial charge in [-0.05, 0) is 18.9 Å². The molecule has 0 saturated carbocycles. The second kappa shape index (κ2) is 6.58. The number of anilines is 1. The molecule has 1 aliphatic heterocycles. The first-order valence-corrected chi connectivity index (χ1v) is 8.42. The number of hydrogen-bond donors (Lipinski definition) is 2. The summed E-state index contributed by atoms with van der Waals surface area (Å²) >= 11 is 1.67. The van der Waals surface area contributed by atoms with Crippen molar-refractivity contribution >= 4 is 33.3 Å². The van der Waals surface area contributed by atoms with Crippen molar-refractivity contribution in [3.05, 3.63) is 17.3 Å². The standard InChI is InChI=1S/C15H20N4O2S/c1-2-11-6-12-14(17-9-18-15(12)22-11)16-7-10(20)8-19-5-3-4-13(19)21/h6,9-10,20H,2-5,7-8H2,1H3,(H,16,17,18)/t10-/m0/s1. The molecule has 0 aliphatic carbocycles. The van der Waals surface area contributed by atoms with Crippen LogP contribution in [0, 0.1) is 0 Å². The molecule has 1 fully saturated rings. The van der Waals surface area contributed by atoms with Crippen molar-refractivity contribution in [3.8, 4) is 0 Å². The van der Waals surface area contributed by atoms with Gasteiger partial charge < -0.3 is 15.3 Å². The maximum absolute atomic E-state index is 11.6. The molecule has 0 bridgehead atoms. The lowest BCUT2D eigenvalue weighted by Crippen LogP contribution is -2.36. The Hall–Kier alpha value is -1.73. The monoisotopic (exact) mass is 320 g/mol. The summed E-state index contributed by atoms with van der Waals surface area (Å²) in [7, 11) is 0. The highest BCUT2D eigenvalue weighted by Gasteiger charge is 2.22. The third-order valence-corrected chi connectivity index (χ3v) is 5.02. The Morgan fingerprint density at radius 2 is 2.36 bits per heavy atom. The maximum atomic E-state index is 11.6. The molecule has 2 aromatic rings. The van der Waals surface area contributed by atoms with Crippen LogP contribution in [0.4, 0.5) is 5.82 Å². The Morgan fingerprint density at radius 1 is 1.50 bits per heavy atom. The average molecular weight is 320 g/mol. The normalized spacial score (nSPS) is 16.5. The van der Waals surface area contributed by atoms with Crippen molar-refractivity contribution in [2.24, 2.45) is 0 Å². The Morgan fingerprint density at radius 3 is 3.09 bits per heavy atom. The molecule has 0 radical (unpaired) electrons. The number of rotatable bonds is 6. The van der Waals surface area contributed by atoms with E-state index in [1.54, 1.807) is 16.2 Å². The number of hydrogen-bond acceptors (Lipinski definition) is 6. The van der Waals surface area contributed by atoms with Crippen LogP contribution in [0.25, 0.3) is 10.2 Å². The van der Waals surface area contributed by atoms with E-state index in [9.17, 15) is 9.90 Å². The second-order valence-electron chi connectivity index (χ2n) is 5.49. The topological polar surface area (TPSA) is 78.4 Å². The molecule has 0 unspecified atom stereocenters. The molecule has 6 nitrogen and oxygen atoms in total. The van der Waals surface area contributed by atoms with E-state index in [1.807, 2.05) is 0 Å². The molecule has 0 spiro atoms. The van der Waals surface area contributed by atoms with E-state index >= 15 is 0 Å². The van der Waals surface area contributed by atoms with Crippen LogP contribution in [0.3, 0.4) is 0 Å². The van der Waals surface area contributed by atoms with E-state index < -0.39 is 6.10 Å². The number of β-amino-alcohol motifs (C(OH)–C–C–N with tert-alkyl or cyclic N) is 1. The highest BCUT2D eigenvalue weighted by atomic mass is 32.1. The fourth-order valence-corrected chi connectivity index (χ4v) is 3.59. The van der Waals surface area contributed by atoms with Gasteiger partial charge in [-0.25, -0.2) is 9.97 Å². The van der Waals surface area contributed by atoms with Crippen LogP contribution in [0.5, 0.6) is 0 Å². The summed E-state index contributed by atoms with van der Waals surface area (Å²) in [6, 6.07) is 2.10. The highest BCUT2D eigenvalue weighted by molar-refractivity contribution is 7.18. The number of nitrogens with one attached hydrogen (secondary N) is 1. The summed E-state index contributed by atoms with van der Waals surface area (Å²) in [5.41, 5.74) is 0. The average Bonchev–Trinajstić information content (AvgIpc) is 3.11. The van der Waals surface area contributed by atoms with E-state index in [4.69, 9.17) is 0 Å². The van der Waals surface area contributed by atoms with Gasteiger partial charge in [-0.3, -0.25) is 4.79 Å². The van der Waals surface area contributed by atoms with Crippen molar-refractivity contribution in [2.75, 3.05) is 25.0 Å². The molecule has 1 saturated heterocycles. The van der Waals surface area contributed by atoms with Crippen LogP contribution in [-0.4, -0.2) is 51.6 Å². The van der Waals surface area contributed by atoms with E-state index in [-0.39, 0.29) is 5.91 Å². The SMILES string of the molecule is CCc1cc2c(NC[C@H](O)CN3CCCC3=O)ncnc2s1. The molecule has 1 aliphatic rings. The quantitative estimate of drug-likeness (QED) is 0.846. The van der Waals surface area contributed by atoms with Gasteiger partial charge >= 0.3 is 0 Å². The molecule has 3 rings (SSSR count). The number of nitrogens with zero attached hydrogens (tertiary/aromatic N) is 3. The van der Waals surface area contributed by atoms with Gasteiger partial charge in [0, 0.05) is 30.9 Å². The van der Waals surface area contributed by atoms with E-state index in [0.717, 1.165) is 35.4 Å². The zero-order valence-electron chi connectivity index (χ0n) is 12.6. The zero-order valence-corrected chi connectivity index (χ0v) is 13.4. The smallest absolute Gasteiger partial charge is 0.222 e. The number of amides is 1. The van der Waals surface area contributed by atoms with Gasteiger partial charge in [0.2, 0.25) is 5.91 Å². The number of thiophene rings is 1. The first-order valence-electron chi connectivity index (χ1n) is 7.60. The van der Waals surface area contributed by atoms with Crippen LogP contribution >= 0.6 is 11.3 Å². The lowest BCUT2D eigenvalue weighted by atomic mass is 10.3. The van der Waals surface area contributed by atoms with Crippen molar-refractivity contribution in [3.63, 3.8) is 0 Å². The van der Waals surface area contributed by atoms with E-state index in [2.05, 4.69) is 28.3 Å². The number of carbonyl (C=O) groups excluding carboxylic acids is 1. The lowest BCUT2D eigenvalue weighted by Gasteiger charge is -2.20. The van der Waals surface area contributed by atoms with E-state index in [0.29, 0.717) is 19.5 Å².